The summed E-state index contributed by atoms with van der Waals surface area (Å²) in [5.74, 6) is 0.0314. The van der Waals surface area contributed by atoms with Crippen molar-refractivity contribution in [1.82, 2.24) is 15.0 Å². The largest absolute Gasteiger partial charge is 0.355 e. The third-order valence-corrected chi connectivity index (χ3v) is 5.75. The van der Waals surface area contributed by atoms with E-state index in [1.165, 1.54) is 24.5 Å². The summed E-state index contributed by atoms with van der Waals surface area (Å²) in [6.45, 7) is 3.98. The number of anilines is 3. The van der Waals surface area contributed by atoms with Crippen molar-refractivity contribution in [2.75, 3.05) is 10.0 Å². The number of sulfonamides is 1. The lowest BCUT2D eigenvalue weighted by Crippen LogP contribution is -2.14. The van der Waals surface area contributed by atoms with Crippen molar-refractivity contribution < 1.29 is 8.42 Å². The maximum absolute atomic E-state index is 12.5. The summed E-state index contributed by atoms with van der Waals surface area (Å²) >= 11 is 0. The fraction of sp³-hybridized carbons (Fsp3) is 0.0952. The summed E-state index contributed by atoms with van der Waals surface area (Å²) in [6.07, 6.45) is 2.95. The van der Waals surface area contributed by atoms with Crippen LogP contribution in [0.1, 0.15) is 11.3 Å². The lowest BCUT2D eigenvalue weighted by Gasteiger charge is -2.13. The van der Waals surface area contributed by atoms with E-state index >= 15 is 0 Å². The van der Waals surface area contributed by atoms with Crippen LogP contribution in [0.25, 0.3) is 10.9 Å². The van der Waals surface area contributed by atoms with Crippen molar-refractivity contribution in [3.05, 3.63) is 78.2 Å². The first-order valence-corrected chi connectivity index (χ1v) is 10.4. The van der Waals surface area contributed by atoms with Crippen LogP contribution in [0.3, 0.4) is 0 Å². The SMILES string of the molecule is Cc1cc(Nc2ccc(S(=O)(=O)Nc3ncccn3)cc2)c2c(C)cccc2n1. The van der Waals surface area contributed by atoms with Gasteiger partial charge in [-0.25, -0.2) is 23.1 Å². The van der Waals surface area contributed by atoms with E-state index in [9.17, 15) is 8.42 Å². The van der Waals surface area contributed by atoms with Crippen molar-refractivity contribution in [3.63, 3.8) is 0 Å². The first kappa shape index (κ1) is 18.8. The van der Waals surface area contributed by atoms with E-state index in [1.54, 1.807) is 18.2 Å². The van der Waals surface area contributed by atoms with Gasteiger partial charge in [0.2, 0.25) is 5.95 Å². The van der Waals surface area contributed by atoms with Gasteiger partial charge in [0.15, 0.2) is 0 Å². The summed E-state index contributed by atoms with van der Waals surface area (Å²) in [7, 11) is -3.76. The summed E-state index contributed by atoms with van der Waals surface area (Å²) in [5, 5.41) is 4.42. The number of hydrogen-bond acceptors (Lipinski definition) is 6. The number of hydrogen-bond donors (Lipinski definition) is 2. The highest BCUT2D eigenvalue weighted by Crippen LogP contribution is 2.29. The molecule has 0 saturated heterocycles. The van der Waals surface area contributed by atoms with Crippen molar-refractivity contribution >= 4 is 38.2 Å². The molecule has 0 saturated carbocycles. The van der Waals surface area contributed by atoms with Crippen LogP contribution in [0, 0.1) is 13.8 Å². The van der Waals surface area contributed by atoms with Gasteiger partial charge in [-0.15, -0.1) is 0 Å². The Morgan fingerprint density at radius 2 is 1.62 bits per heavy atom. The normalized spacial score (nSPS) is 11.4. The van der Waals surface area contributed by atoms with Crippen LogP contribution in [-0.2, 0) is 10.0 Å². The lowest BCUT2D eigenvalue weighted by molar-refractivity contribution is 0.601. The summed E-state index contributed by atoms with van der Waals surface area (Å²) in [6, 6.07) is 16.1. The zero-order valence-electron chi connectivity index (χ0n) is 15.9. The molecule has 0 fully saturated rings. The highest BCUT2D eigenvalue weighted by molar-refractivity contribution is 7.92. The molecule has 4 rings (SSSR count). The number of aryl methyl sites for hydroxylation is 2. The molecule has 0 atom stereocenters. The molecule has 7 nitrogen and oxygen atoms in total. The van der Waals surface area contributed by atoms with Crippen LogP contribution in [0.2, 0.25) is 0 Å². The highest BCUT2D eigenvalue weighted by Gasteiger charge is 2.15. The smallest absolute Gasteiger partial charge is 0.264 e. The van der Waals surface area contributed by atoms with Crippen molar-refractivity contribution in [2.45, 2.75) is 18.7 Å². The molecule has 0 aliphatic rings. The van der Waals surface area contributed by atoms with Crippen LogP contribution in [0.15, 0.2) is 71.9 Å². The molecule has 0 aliphatic carbocycles. The molecule has 2 heterocycles. The van der Waals surface area contributed by atoms with E-state index in [0.717, 1.165) is 33.5 Å². The van der Waals surface area contributed by atoms with Crippen LogP contribution in [0.4, 0.5) is 17.3 Å². The van der Waals surface area contributed by atoms with E-state index in [0.29, 0.717) is 0 Å². The zero-order chi connectivity index (χ0) is 20.4. The lowest BCUT2D eigenvalue weighted by atomic mass is 10.1. The minimum Gasteiger partial charge on any atom is -0.355 e. The molecule has 0 radical (unpaired) electrons. The molecular formula is C21H19N5O2S. The van der Waals surface area contributed by atoms with E-state index in [1.807, 2.05) is 38.1 Å². The number of pyridine rings is 1. The number of fused-ring (bicyclic) bond motifs is 1. The Kier molecular flexibility index (Phi) is 4.85. The summed E-state index contributed by atoms with van der Waals surface area (Å²) in [4.78, 5) is 12.5. The molecule has 0 bridgehead atoms. The Morgan fingerprint density at radius 3 is 2.34 bits per heavy atom. The highest BCUT2D eigenvalue weighted by atomic mass is 32.2. The first-order chi connectivity index (χ1) is 13.9. The average Bonchev–Trinajstić information content (AvgIpc) is 2.68. The molecule has 2 N–H and O–H groups in total. The van der Waals surface area contributed by atoms with Gasteiger partial charge in [-0.05, 0) is 61.9 Å². The van der Waals surface area contributed by atoms with Gasteiger partial charge < -0.3 is 5.32 Å². The molecular weight excluding hydrogens is 386 g/mol. The first-order valence-electron chi connectivity index (χ1n) is 8.96. The van der Waals surface area contributed by atoms with Crippen molar-refractivity contribution in [1.29, 1.82) is 0 Å². The number of rotatable bonds is 5. The van der Waals surface area contributed by atoms with Gasteiger partial charge in [-0.3, -0.25) is 4.98 Å². The minimum atomic E-state index is -3.76. The molecule has 0 amide bonds. The third-order valence-electron chi connectivity index (χ3n) is 4.41. The predicted molar refractivity (Wildman–Crippen MR) is 114 cm³/mol. The Bertz CT molecular complexity index is 1270. The van der Waals surface area contributed by atoms with Crippen molar-refractivity contribution in [2.24, 2.45) is 0 Å². The second kappa shape index (κ2) is 7.48. The Morgan fingerprint density at radius 1 is 0.897 bits per heavy atom. The average molecular weight is 405 g/mol. The maximum Gasteiger partial charge on any atom is 0.264 e. The van der Waals surface area contributed by atoms with Crippen LogP contribution in [-0.4, -0.2) is 23.4 Å². The molecule has 29 heavy (non-hydrogen) atoms. The van der Waals surface area contributed by atoms with Gasteiger partial charge in [-0.1, -0.05) is 12.1 Å². The predicted octanol–water partition coefficient (Wildman–Crippen LogP) is 4.19. The van der Waals surface area contributed by atoms with Gasteiger partial charge in [-0.2, -0.15) is 0 Å². The Balaban J connectivity index is 1.62. The van der Waals surface area contributed by atoms with Crippen LogP contribution < -0.4 is 10.0 Å². The van der Waals surface area contributed by atoms with E-state index in [-0.39, 0.29) is 10.8 Å². The molecule has 0 spiro atoms. The van der Waals surface area contributed by atoms with Crippen LogP contribution >= 0.6 is 0 Å². The summed E-state index contributed by atoms with van der Waals surface area (Å²) in [5.41, 5.74) is 4.63. The molecule has 2 aromatic carbocycles. The molecule has 0 unspecified atom stereocenters. The topological polar surface area (TPSA) is 96.9 Å². The fourth-order valence-electron chi connectivity index (χ4n) is 3.10. The summed E-state index contributed by atoms with van der Waals surface area (Å²) < 4.78 is 27.4. The number of benzene rings is 2. The van der Waals surface area contributed by atoms with Gasteiger partial charge in [0, 0.05) is 29.2 Å². The monoisotopic (exact) mass is 405 g/mol. The number of nitrogens with one attached hydrogen (secondary N) is 2. The molecule has 2 aromatic heterocycles. The van der Waals surface area contributed by atoms with E-state index in [2.05, 4.69) is 25.0 Å². The zero-order valence-corrected chi connectivity index (χ0v) is 16.7. The maximum atomic E-state index is 12.5. The van der Waals surface area contributed by atoms with E-state index in [4.69, 9.17) is 0 Å². The van der Waals surface area contributed by atoms with E-state index < -0.39 is 10.0 Å². The Hall–Kier alpha value is -3.52. The molecule has 8 heteroatoms. The number of nitrogens with zero attached hydrogens (tertiary/aromatic N) is 3. The molecule has 146 valence electrons. The minimum absolute atomic E-state index is 0.0314. The van der Waals surface area contributed by atoms with Crippen LogP contribution in [0.5, 0.6) is 0 Å². The molecule has 0 aliphatic heterocycles. The Labute approximate surface area is 168 Å². The standard InChI is InChI=1S/C21H19N5O2S/c1-14-5-3-6-18-20(14)19(13-15(2)24-18)25-16-7-9-17(10-8-16)29(27,28)26-21-22-11-4-12-23-21/h3-13H,1-2H3,(H,24,25)(H,22,23,26). The second-order valence-electron chi connectivity index (χ2n) is 6.61. The quantitative estimate of drug-likeness (QED) is 0.517. The van der Waals surface area contributed by atoms with Gasteiger partial charge in [0.1, 0.15) is 0 Å². The van der Waals surface area contributed by atoms with Crippen molar-refractivity contribution in [3.8, 4) is 0 Å². The fourth-order valence-corrected chi connectivity index (χ4v) is 4.06. The second-order valence-corrected chi connectivity index (χ2v) is 8.29. The van der Waals surface area contributed by atoms with Gasteiger partial charge >= 0.3 is 0 Å². The van der Waals surface area contributed by atoms with Gasteiger partial charge in [0.05, 0.1) is 16.1 Å². The number of aromatic nitrogens is 3. The third kappa shape index (κ3) is 4.02. The van der Waals surface area contributed by atoms with Gasteiger partial charge in [0.25, 0.3) is 10.0 Å². The molecule has 4 aromatic rings.